The minimum absolute atomic E-state index is 0.0301. The fourth-order valence-corrected chi connectivity index (χ4v) is 2.71. The minimum atomic E-state index is -3.83. The molecule has 0 fully saturated rings. The highest BCUT2D eigenvalue weighted by Crippen LogP contribution is 2.14. The van der Waals surface area contributed by atoms with Crippen LogP contribution >= 0.6 is 27.5 Å². The van der Waals surface area contributed by atoms with Crippen molar-refractivity contribution >= 4 is 49.3 Å². The van der Waals surface area contributed by atoms with Crippen LogP contribution in [0, 0.1) is 0 Å². The SMILES string of the molecule is O=C(NNS(=O)(=O)c1ccc(Br)cc1)Nc1ccc(Cl)cc1. The van der Waals surface area contributed by atoms with Gasteiger partial charge in [0, 0.05) is 15.2 Å². The van der Waals surface area contributed by atoms with Crippen LogP contribution in [0.5, 0.6) is 0 Å². The van der Waals surface area contributed by atoms with Crippen LogP contribution < -0.4 is 15.6 Å². The molecule has 116 valence electrons. The number of anilines is 1. The van der Waals surface area contributed by atoms with E-state index in [9.17, 15) is 13.2 Å². The Morgan fingerprint density at radius 3 is 2.18 bits per heavy atom. The predicted octanol–water partition coefficient (Wildman–Crippen LogP) is 3.12. The van der Waals surface area contributed by atoms with Crippen molar-refractivity contribution in [3.8, 4) is 0 Å². The molecule has 2 amide bonds. The largest absolute Gasteiger partial charge is 0.334 e. The molecule has 0 spiro atoms. The van der Waals surface area contributed by atoms with Crippen LogP contribution in [-0.4, -0.2) is 14.4 Å². The summed E-state index contributed by atoms with van der Waals surface area (Å²) in [6.45, 7) is 0. The summed E-state index contributed by atoms with van der Waals surface area (Å²) in [4.78, 5) is 13.7. The zero-order valence-corrected chi connectivity index (χ0v) is 14.2. The van der Waals surface area contributed by atoms with E-state index in [1.54, 1.807) is 36.4 Å². The van der Waals surface area contributed by atoms with Crippen LogP contribution in [0.25, 0.3) is 0 Å². The van der Waals surface area contributed by atoms with E-state index in [0.29, 0.717) is 10.7 Å². The maximum Gasteiger partial charge on any atom is 0.334 e. The smallest absolute Gasteiger partial charge is 0.307 e. The molecule has 0 radical (unpaired) electrons. The first-order chi connectivity index (χ1) is 10.4. The van der Waals surface area contributed by atoms with Crippen molar-refractivity contribution in [2.24, 2.45) is 0 Å². The lowest BCUT2D eigenvalue weighted by Crippen LogP contribution is -2.43. The lowest BCUT2D eigenvalue weighted by atomic mass is 10.3. The molecule has 0 aliphatic carbocycles. The highest BCUT2D eigenvalue weighted by Gasteiger charge is 2.14. The molecule has 22 heavy (non-hydrogen) atoms. The fourth-order valence-electron chi connectivity index (χ4n) is 1.48. The van der Waals surface area contributed by atoms with Crippen molar-refractivity contribution in [1.29, 1.82) is 0 Å². The number of nitrogens with one attached hydrogen (secondary N) is 3. The summed E-state index contributed by atoms with van der Waals surface area (Å²) in [5, 5.41) is 2.99. The lowest BCUT2D eigenvalue weighted by molar-refractivity contribution is 0.250. The number of hydrazine groups is 1. The van der Waals surface area contributed by atoms with Gasteiger partial charge in [-0.15, -0.1) is 4.83 Å². The molecule has 2 aromatic rings. The molecule has 6 nitrogen and oxygen atoms in total. The molecular formula is C13H11BrClN3O3S. The Hall–Kier alpha value is -1.61. The van der Waals surface area contributed by atoms with Gasteiger partial charge in [-0.05, 0) is 48.5 Å². The molecule has 3 N–H and O–H groups in total. The van der Waals surface area contributed by atoms with Crippen molar-refractivity contribution in [1.82, 2.24) is 10.3 Å². The number of benzene rings is 2. The third-order valence-corrected chi connectivity index (χ3v) is 4.57. The zero-order chi connectivity index (χ0) is 16.2. The van der Waals surface area contributed by atoms with Gasteiger partial charge in [0.05, 0.1) is 4.90 Å². The van der Waals surface area contributed by atoms with Crippen molar-refractivity contribution in [3.63, 3.8) is 0 Å². The zero-order valence-electron chi connectivity index (χ0n) is 11.0. The standard InChI is InChI=1S/C13H11BrClN3O3S/c14-9-1-7-12(8-2-9)22(20,21)18-17-13(19)16-11-5-3-10(15)4-6-11/h1-8,18H,(H2,16,17,19). The maximum atomic E-state index is 12.0. The van der Waals surface area contributed by atoms with E-state index in [0.717, 1.165) is 4.47 Å². The second-order valence-electron chi connectivity index (χ2n) is 4.15. The predicted molar refractivity (Wildman–Crippen MR) is 88.1 cm³/mol. The number of carbonyl (C=O) groups excluding carboxylic acids is 1. The molecule has 0 aromatic heterocycles. The summed E-state index contributed by atoms with van der Waals surface area (Å²) >= 11 is 8.94. The normalized spacial score (nSPS) is 11.0. The number of urea groups is 1. The summed E-state index contributed by atoms with van der Waals surface area (Å²) < 4.78 is 24.7. The Labute approximate surface area is 141 Å². The number of hydrogen-bond acceptors (Lipinski definition) is 3. The molecule has 0 saturated carbocycles. The second kappa shape index (κ2) is 7.10. The molecular weight excluding hydrogens is 394 g/mol. The Balaban J connectivity index is 1.95. The molecule has 0 saturated heterocycles. The topological polar surface area (TPSA) is 87.3 Å². The number of halogens is 2. The number of sulfonamides is 1. The van der Waals surface area contributed by atoms with Crippen molar-refractivity contribution in [3.05, 3.63) is 58.0 Å². The molecule has 2 aromatic carbocycles. The van der Waals surface area contributed by atoms with E-state index in [-0.39, 0.29) is 4.90 Å². The van der Waals surface area contributed by atoms with E-state index in [4.69, 9.17) is 11.6 Å². The Bertz CT molecular complexity index is 764. The van der Waals surface area contributed by atoms with Gasteiger partial charge in [-0.1, -0.05) is 27.5 Å². The van der Waals surface area contributed by atoms with Crippen molar-refractivity contribution < 1.29 is 13.2 Å². The number of carbonyl (C=O) groups is 1. The molecule has 0 aliphatic rings. The van der Waals surface area contributed by atoms with Gasteiger partial charge >= 0.3 is 6.03 Å². The average molecular weight is 405 g/mol. The highest BCUT2D eigenvalue weighted by atomic mass is 79.9. The van der Waals surface area contributed by atoms with Crippen LogP contribution in [0.2, 0.25) is 5.02 Å². The van der Waals surface area contributed by atoms with Crippen LogP contribution in [0.4, 0.5) is 10.5 Å². The summed E-state index contributed by atoms with van der Waals surface area (Å²) in [7, 11) is -3.83. The van der Waals surface area contributed by atoms with Crippen LogP contribution in [0.15, 0.2) is 57.9 Å². The lowest BCUT2D eigenvalue weighted by Gasteiger charge is -2.10. The highest BCUT2D eigenvalue weighted by molar-refractivity contribution is 9.10. The molecule has 0 aliphatic heterocycles. The van der Waals surface area contributed by atoms with E-state index in [1.807, 2.05) is 4.83 Å². The quantitative estimate of drug-likeness (QED) is 0.684. The molecule has 0 bridgehead atoms. The first kappa shape index (κ1) is 16.8. The average Bonchev–Trinajstić information content (AvgIpc) is 2.48. The van der Waals surface area contributed by atoms with E-state index >= 15 is 0 Å². The molecule has 9 heteroatoms. The first-order valence-electron chi connectivity index (χ1n) is 5.97. The summed E-state index contributed by atoms with van der Waals surface area (Å²) in [6, 6.07) is 11.6. The Morgan fingerprint density at radius 1 is 1.00 bits per heavy atom. The molecule has 2 rings (SSSR count). The van der Waals surface area contributed by atoms with Gasteiger partial charge in [-0.2, -0.15) is 0 Å². The second-order valence-corrected chi connectivity index (χ2v) is 7.18. The number of rotatable bonds is 4. The van der Waals surface area contributed by atoms with E-state index in [2.05, 4.69) is 26.7 Å². The van der Waals surface area contributed by atoms with Crippen LogP contribution in [-0.2, 0) is 10.0 Å². The Morgan fingerprint density at radius 2 is 1.59 bits per heavy atom. The van der Waals surface area contributed by atoms with E-state index < -0.39 is 16.1 Å². The molecule has 0 unspecified atom stereocenters. The first-order valence-corrected chi connectivity index (χ1v) is 8.62. The molecule has 0 atom stereocenters. The number of amides is 2. The summed E-state index contributed by atoms with van der Waals surface area (Å²) in [5.41, 5.74) is 2.54. The summed E-state index contributed by atoms with van der Waals surface area (Å²) in [5.74, 6) is 0. The maximum absolute atomic E-state index is 12.0. The van der Waals surface area contributed by atoms with Gasteiger partial charge in [0.25, 0.3) is 10.0 Å². The third-order valence-electron chi connectivity index (χ3n) is 2.52. The Kier molecular flexibility index (Phi) is 5.41. The van der Waals surface area contributed by atoms with Gasteiger partial charge in [0.1, 0.15) is 0 Å². The van der Waals surface area contributed by atoms with Crippen molar-refractivity contribution in [2.45, 2.75) is 4.90 Å². The number of hydrogen-bond donors (Lipinski definition) is 3. The minimum Gasteiger partial charge on any atom is -0.307 e. The van der Waals surface area contributed by atoms with Crippen LogP contribution in [0.1, 0.15) is 0 Å². The van der Waals surface area contributed by atoms with Gasteiger partial charge in [-0.3, -0.25) is 5.43 Å². The monoisotopic (exact) mass is 403 g/mol. The van der Waals surface area contributed by atoms with Gasteiger partial charge in [0.2, 0.25) is 0 Å². The van der Waals surface area contributed by atoms with Crippen molar-refractivity contribution in [2.75, 3.05) is 5.32 Å². The summed E-state index contributed by atoms with van der Waals surface area (Å²) in [6.07, 6.45) is 0. The van der Waals surface area contributed by atoms with Gasteiger partial charge < -0.3 is 5.32 Å². The van der Waals surface area contributed by atoms with Gasteiger partial charge in [0.15, 0.2) is 0 Å². The van der Waals surface area contributed by atoms with Crippen LogP contribution in [0.3, 0.4) is 0 Å². The fraction of sp³-hybridized carbons (Fsp3) is 0. The van der Waals surface area contributed by atoms with E-state index in [1.165, 1.54) is 12.1 Å². The van der Waals surface area contributed by atoms with Gasteiger partial charge in [-0.25, -0.2) is 13.2 Å². The molecule has 0 heterocycles. The third kappa shape index (κ3) is 4.70.